The smallest absolute Gasteiger partial charge is 0.282 e. The summed E-state index contributed by atoms with van der Waals surface area (Å²) >= 11 is 3.40. The molecule has 0 saturated heterocycles. The number of fused-ring (bicyclic) bond motifs is 1. The minimum Gasteiger partial charge on any atom is -0.494 e. The van der Waals surface area contributed by atoms with E-state index in [1.54, 1.807) is 24.4 Å². The van der Waals surface area contributed by atoms with Gasteiger partial charge in [-0.15, -0.1) is 0 Å². The maximum Gasteiger partial charge on any atom is 0.282 e. The number of benzene rings is 2. The number of non-ortho nitro benzene ring substituents is 1. The Bertz CT molecular complexity index is 1520. The van der Waals surface area contributed by atoms with Crippen molar-refractivity contribution in [2.75, 3.05) is 7.11 Å². The number of rotatable bonds is 6. The summed E-state index contributed by atoms with van der Waals surface area (Å²) in [4.78, 5) is 28.4. The molecule has 0 unspecified atom stereocenters. The Hall–Kier alpha value is -3.79. The van der Waals surface area contributed by atoms with Crippen LogP contribution in [0.25, 0.3) is 16.6 Å². The molecule has 0 aliphatic carbocycles. The molecule has 9 nitrogen and oxygen atoms in total. The number of methoxy groups -OCH3 is 1. The number of nitro groups is 1. The van der Waals surface area contributed by atoms with Crippen LogP contribution in [0.15, 0.2) is 56.8 Å². The average Bonchev–Trinajstić information content (AvgIpc) is 3.10. The van der Waals surface area contributed by atoms with Crippen LogP contribution in [0.2, 0.25) is 0 Å². The van der Waals surface area contributed by atoms with Crippen molar-refractivity contribution in [2.45, 2.75) is 27.2 Å². The molecule has 0 atom stereocenters. The van der Waals surface area contributed by atoms with Crippen LogP contribution in [-0.4, -0.2) is 32.5 Å². The number of halogens is 1. The minimum absolute atomic E-state index is 0.0493. The van der Waals surface area contributed by atoms with Crippen molar-refractivity contribution in [3.63, 3.8) is 0 Å². The first-order chi connectivity index (χ1) is 16.2. The van der Waals surface area contributed by atoms with E-state index in [4.69, 9.17) is 4.74 Å². The van der Waals surface area contributed by atoms with Gasteiger partial charge >= 0.3 is 0 Å². The molecule has 10 heteroatoms. The molecule has 4 rings (SSSR count). The van der Waals surface area contributed by atoms with Crippen molar-refractivity contribution in [3.8, 4) is 11.4 Å². The van der Waals surface area contributed by atoms with Crippen LogP contribution in [0, 0.1) is 24.0 Å². The van der Waals surface area contributed by atoms with Crippen LogP contribution in [0.3, 0.4) is 0 Å². The highest BCUT2D eigenvalue weighted by atomic mass is 79.9. The van der Waals surface area contributed by atoms with Gasteiger partial charge in [0, 0.05) is 33.9 Å². The fourth-order valence-electron chi connectivity index (χ4n) is 3.92. The van der Waals surface area contributed by atoms with E-state index < -0.39 is 4.92 Å². The molecule has 34 heavy (non-hydrogen) atoms. The van der Waals surface area contributed by atoms with E-state index in [1.165, 1.54) is 23.9 Å². The monoisotopic (exact) mass is 523 g/mol. The molecule has 2 heterocycles. The molecule has 0 aliphatic rings. The summed E-state index contributed by atoms with van der Waals surface area (Å²) in [5, 5.41) is 16.1. The molecule has 0 aliphatic heterocycles. The van der Waals surface area contributed by atoms with E-state index >= 15 is 0 Å². The molecule has 0 fully saturated rings. The fourth-order valence-corrected chi connectivity index (χ4v) is 4.28. The van der Waals surface area contributed by atoms with E-state index in [9.17, 15) is 14.9 Å². The summed E-state index contributed by atoms with van der Waals surface area (Å²) in [5.74, 6) is 0.940. The quantitative estimate of drug-likeness (QED) is 0.202. The lowest BCUT2D eigenvalue weighted by Crippen LogP contribution is -2.22. The van der Waals surface area contributed by atoms with Gasteiger partial charge in [-0.2, -0.15) is 9.78 Å². The third kappa shape index (κ3) is 4.12. The maximum atomic E-state index is 13.1. The highest BCUT2D eigenvalue weighted by Gasteiger charge is 2.17. The predicted octanol–water partition coefficient (Wildman–Crippen LogP) is 4.93. The lowest BCUT2D eigenvalue weighted by Gasteiger charge is -2.13. The summed E-state index contributed by atoms with van der Waals surface area (Å²) in [7, 11) is 1.48. The third-order valence-electron chi connectivity index (χ3n) is 5.59. The first-order valence-electron chi connectivity index (χ1n) is 10.5. The molecule has 0 radical (unpaired) electrons. The molecule has 0 saturated carbocycles. The highest BCUT2D eigenvalue weighted by Crippen LogP contribution is 2.31. The van der Waals surface area contributed by atoms with Crippen LogP contribution >= 0.6 is 15.9 Å². The van der Waals surface area contributed by atoms with Crippen molar-refractivity contribution < 1.29 is 9.66 Å². The minimum atomic E-state index is -0.459. The number of ether oxygens (including phenoxy) is 1. The Balaban J connectivity index is 1.81. The van der Waals surface area contributed by atoms with Crippen molar-refractivity contribution in [1.29, 1.82) is 0 Å². The van der Waals surface area contributed by atoms with Gasteiger partial charge in [-0.3, -0.25) is 14.9 Å². The van der Waals surface area contributed by atoms with E-state index in [0.717, 1.165) is 21.4 Å². The van der Waals surface area contributed by atoms with Gasteiger partial charge in [-0.25, -0.2) is 4.98 Å². The molecule has 0 N–H and O–H groups in total. The second-order valence-electron chi connectivity index (χ2n) is 7.68. The lowest BCUT2D eigenvalue weighted by atomic mass is 10.2. The van der Waals surface area contributed by atoms with Gasteiger partial charge in [0.15, 0.2) is 0 Å². The van der Waals surface area contributed by atoms with Crippen LogP contribution in [0.5, 0.6) is 5.75 Å². The third-order valence-corrected chi connectivity index (χ3v) is 6.08. The van der Waals surface area contributed by atoms with Gasteiger partial charge < -0.3 is 9.30 Å². The molecule has 0 bridgehead atoms. The molecular weight excluding hydrogens is 502 g/mol. The standard InChI is InChI=1S/C24H22BrN5O4/c1-5-23-27-20-8-6-17(25)11-19(20)24(31)29(23)26-13-16-10-14(2)28(15(16)3)21-9-7-18(30(32)33)12-22(21)34-4/h6-13H,5H2,1-4H3. The number of aromatic nitrogens is 3. The molecule has 2 aromatic carbocycles. The second-order valence-corrected chi connectivity index (χ2v) is 8.60. The molecule has 0 spiro atoms. The van der Waals surface area contributed by atoms with E-state index in [0.29, 0.717) is 34.6 Å². The number of nitrogens with zero attached hydrogens (tertiary/aromatic N) is 5. The molecule has 0 amide bonds. The summed E-state index contributed by atoms with van der Waals surface area (Å²) in [5.41, 5.74) is 3.52. The first kappa shape index (κ1) is 23.4. The Morgan fingerprint density at radius 1 is 1.21 bits per heavy atom. The molecule has 2 aromatic heterocycles. The summed E-state index contributed by atoms with van der Waals surface area (Å²) in [6.07, 6.45) is 2.17. The van der Waals surface area contributed by atoms with E-state index in [2.05, 4.69) is 26.0 Å². The fraction of sp³-hybridized carbons (Fsp3) is 0.208. The maximum absolute atomic E-state index is 13.1. The zero-order chi connectivity index (χ0) is 24.6. The Morgan fingerprint density at radius 2 is 1.97 bits per heavy atom. The van der Waals surface area contributed by atoms with Gasteiger partial charge in [-0.05, 0) is 44.2 Å². The largest absolute Gasteiger partial charge is 0.494 e. The Kier molecular flexibility index (Phi) is 6.34. The Morgan fingerprint density at radius 3 is 2.65 bits per heavy atom. The van der Waals surface area contributed by atoms with Crippen LogP contribution < -0.4 is 10.3 Å². The van der Waals surface area contributed by atoms with Crippen molar-refractivity contribution in [1.82, 2.24) is 14.2 Å². The normalized spacial score (nSPS) is 11.4. The van der Waals surface area contributed by atoms with Gasteiger partial charge in [0.2, 0.25) is 0 Å². The van der Waals surface area contributed by atoms with E-state index in [-0.39, 0.29) is 11.2 Å². The number of nitro benzene ring substituents is 1. The number of aryl methyl sites for hydroxylation is 2. The predicted molar refractivity (Wildman–Crippen MR) is 135 cm³/mol. The SMILES string of the molecule is CCc1nc2ccc(Br)cc2c(=O)n1N=Cc1cc(C)n(-c2ccc([N+](=O)[O-])cc2OC)c1C. The van der Waals surface area contributed by atoms with Crippen LogP contribution in [0.1, 0.15) is 29.7 Å². The van der Waals surface area contributed by atoms with Crippen molar-refractivity contribution in [3.05, 3.63) is 90.2 Å². The lowest BCUT2D eigenvalue weighted by molar-refractivity contribution is -0.384. The van der Waals surface area contributed by atoms with Crippen molar-refractivity contribution in [2.24, 2.45) is 5.10 Å². The topological polar surface area (TPSA) is 105 Å². The van der Waals surface area contributed by atoms with Gasteiger partial charge in [-0.1, -0.05) is 22.9 Å². The van der Waals surface area contributed by atoms with Gasteiger partial charge in [0.05, 0.1) is 40.9 Å². The Labute approximate surface area is 203 Å². The van der Waals surface area contributed by atoms with Crippen LogP contribution in [-0.2, 0) is 6.42 Å². The zero-order valence-electron chi connectivity index (χ0n) is 19.1. The summed E-state index contributed by atoms with van der Waals surface area (Å²) in [6.45, 7) is 5.75. The molecular formula is C24H22BrN5O4. The first-order valence-corrected chi connectivity index (χ1v) is 11.3. The summed E-state index contributed by atoms with van der Waals surface area (Å²) < 4.78 is 9.47. The zero-order valence-corrected chi connectivity index (χ0v) is 20.7. The molecule has 4 aromatic rings. The van der Waals surface area contributed by atoms with Crippen molar-refractivity contribution >= 4 is 38.7 Å². The summed E-state index contributed by atoms with van der Waals surface area (Å²) in [6, 6.07) is 11.8. The average molecular weight is 524 g/mol. The van der Waals surface area contributed by atoms with Gasteiger partial charge in [0.1, 0.15) is 11.6 Å². The van der Waals surface area contributed by atoms with Crippen LogP contribution in [0.4, 0.5) is 5.69 Å². The molecule has 174 valence electrons. The second kappa shape index (κ2) is 9.22. The number of hydrogen-bond acceptors (Lipinski definition) is 6. The van der Waals surface area contributed by atoms with Gasteiger partial charge in [0.25, 0.3) is 11.2 Å². The number of hydrogen-bond donors (Lipinski definition) is 0. The highest BCUT2D eigenvalue weighted by molar-refractivity contribution is 9.10. The van der Waals surface area contributed by atoms with E-state index in [1.807, 2.05) is 37.5 Å².